The van der Waals surface area contributed by atoms with E-state index in [2.05, 4.69) is 10.6 Å². The normalized spacial score (nSPS) is 10.6. The molecule has 0 radical (unpaired) electrons. The molecule has 138 valence electrons. The molecule has 0 saturated heterocycles. The number of carbonyl (C=O) groups excluding carboxylic acids is 2. The van der Waals surface area contributed by atoms with Crippen LogP contribution in [0.1, 0.15) is 15.9 Å². The number of rotatable bonds is 7. The van der Waals surface area contributed by atoms with E-state index < -0.39 is 11.8 Å². The Balaban J connectivity index is 1.86. The van der Waals surface area contributed by atoms with E-state index in [4.69, 9.17) is 15.7 Å². The molecule has 0 aromatic heterocycles. The Morgan fingerprint density at radius 2 is 1.81 bits per heavy atom. The lowest BCUT2D eigenvalue weighted by Crippen LogP contribution is -2.28. The van der Waals surface area contributed by atoms with Crippen molar-refractivity contribution < 1.29 is 14.3 Å². The van der Waals surface area contributed by atoms with E-state index in [1.54, 1.807) is 37.4 Å². The molecule has 2 amide bonds. The zero-order valence-electron chi connectivity index (χ0n) is 14.9. The van der Waals surface area contributed by atoms with Crippen LogP contribution in [-0.2, 0) is 11.2 Å². The first kappa shape index (κ1) is 19.5. The van der Waals surface area contributed by atoms with Crippen molar-refractivity contribution >= 4 is 17.5 Å². The van der Waals surface area contributed by atoms with E-state index in [0.29, 0.717) is 24.2 Å². The lowest BCUT2D eigenvalue weighted by atomic mass is 10.1. The minimum Gasteiger partial charge on any atom is -0.497 e. The minimum atomic E-state index is -0.552. The molecule has 0 bridgehead atoms. The van der Waals surface area contributed by atoms with Gasteiger partial charge in [0.1, 0.15) is 17.4 Å². The highest BCUT2D eigenvalue weighted by Gasteiger charge is 2.10. The molecule has 0 spiro atoms. The van der Waals surface area contributed by atoms with Gasteiger partial charge in [0.25, 0.3) is 11.8 Å². The summed E-state index contributed by atoms with van der Waals surface area (Å²) in [6.07, 6.45) is 1.70. The third kappa shape index (κ3) is 5.90. The number of methoxy groups -OCH3 is 1. The summed E-state index contributed by atoms with van der Waals surface area (Å²) in [6.45, 7) is 0.357. The number of benzene rings is 2. The van der Waals surface area contributed by atoms with Crippen molar-refractivity contribution in [3.8, 4) is 11.8 Å². The van der Waals surface area contributed by atoms with Crippen molar-refractivity contribution in [2.45, 2.75) is 6.42 Å². The molecule has 2 rings (SSSR count). The highest BCUT2D eigenvalue weighted by atomic mass is 16.5. The van der Waals surface area contributed by atoms with E-state index >= 15 is 0 Å². The summed E-state index contributed by atoms with van der Waals surface area (Å²) >= 11 is 0. The van der Waals surface area contributed by atoms with Crippen LogP contribution in [0.4, 0.5) is 5.69 Å². The van der Waals surface area contributed by atoms with Crippen LogP contribution in [0, 0.1) is 11.3 Å². The molecule has 2 aromatic rings. The van der Waals surface area contributed by atoms with E-state index in [-0.39, 0.29) is 5.57 Å². The Morgan fingerprint density at radius 3 is 2.41 bits per heavy atom. The van der Waals surface area contributed by atoms with Crippen molar-refractivity contribution in [3.05, 3.63) is 71.4 Å². The number of hydrogen-bond donors (Lipinski definition) is 3. The molecule has 7 nitrogen and oxygen atoms in total. The Hall–Kier alpha value is -3.79. The van der Waals surface area contributed by atoms with E-state index in [9.17, 15) is 9.59 Å². The second kappa shape index (κ2) is 9.63. The second-order valence-corrected chi connectivity index (χ2v) is 5.62. The number of amides is 2. The molecular weight excluding hydrogens is 344 g/mol. The van der Waals surface area contributed by atoms with Crippen molar-refractivity contribution in [3.63, 3.8) is 0 Å². The van der Waals surface area contributed by atoms with Gasteiger partial charge in [-0.1, -0.05) is 12.1 Å². The van der Waals surface area contributed by atoms with E-state index in [1.807, 2.05) is 24.3 Å². The SMILES string of the molecule is COc1ccc(CCNC(=O)/C(C#N)=C\NC(=O)c2ccc(N)cc2)cc1. The van der Waals surface area contributed by atoms with Crippen LogP contribution in [0.3, 0.4) is 0 Å². The van der Waals surface area contributed by atoms with Crippen LogP contribution in [0.5, 0.6) is 5.75 Å². The van der Waals surface area contributed by atoms with Gasteiger partial charge in [-0.15, -0.1) is 0 Å². The maximum Gasteiger partial charge on any atom is 0.263 e. The van der Waals surface area contributed by atoms with Gasteiger partial charge in [0.2, 0.25) is 0 Å². The van der Waals surface area contributed by atoms with Gasteiger partial charge in [-0.3, -0.25) is 9.59 Å². The predicted molar refractivity (Wildman–Crippen MR) is 102 cm³/mol. The van der Waals surface area contributed by atoms with Gasteiger partial charge < -0.3 is 21.1 Å². The van der Waals surface area contributed by atoms with E-state index in [0.717, 1.165) is 17.5 Å². The third-order valence-electron chi connectivity index (χ3n) is 3.74. The molecule has 0 heterocycles. The summed E-state index contributed by atoms with van der Waals surface area (Å²) in [5.74, 6) is -0.230. The Kier molecular flexibility index (Phi) is 6.97. The standard InChI is InChI=1S/C20H20N4O3/c1-27-18-8-2-14(3-9-18)10-11-23-20(26)16(12-21)13-24-19(25)15-4-6-17(22)7-5-15/h2-9,13H,10-11,22H2,1H3,(H,23,26)(H,24,25)/b16-13-. The molecule has 0 atom stereocenters. The zero-order chi connectivity index (χ0) is 19.6. The Bertz CT molecular complexity index is 866. The summed E-state index contributed by atoms with van der Waals surface area (Å²) in [5.41, 5.74) is 7.32. The third-order valence-corrected chi connectivity index (χ3v) is 3.74. The van der Waals surface area contributed by atoms with E-state index in [1.165, 1.54) is 0 Å². The van der Waals surface area contributed by atoms with Gasteiger partial charge in [0.15, 0.2) is 0 Å². The van der Waals surface area contributed by atoms with Gasteiger partial charge in [-0.2, -0.15) is 5.26 Å². The molecule has 0 aliphatic carbocycles. The van der Waals surface area contributed by atoms with Gasteiger partial charge in [0, 0.05) is 24.0 Å². The monoisotopic (exact) mass is 364 g/mol. The maximum atomic E-state index is 12.1. The number of nitriles is 1. The average molecular weight is 364 g/mol. The number of anilines is 1. The molecule has 4 N–H and O–H groups in total. The number of carbonyl (C=O) groups is 2. The smallest absolute Gasteiger partial charge is 0.263 e. The quantitative estimate of drug-likeness (QED) is 0.393. The number of nitrogens with one attached hydrogen (secondary N) is 2. The zero-order valence-corrected chi connectivity index (χ0v) is 14.9. The molecule has 2 aromatic carbocycles. The summed E-state index contributed by atoms with van der Waals surface area (Å²) in [4.78, 5) is 24.1. The fourth-order valence-corrected chi connectivity index (χ4v) is 2.21. The number of nitrogen functional groups attached to an aromatic ring is 1. The maximum absolute atomic E-state index is 12.1. The van der Waals surface area contributed by atoms with Crippen molar-refractivity contribution in [1.82, 2.24) is 10.6 Å². The van der Waals surface area contributed by atoms with Gasteiger partial charge >= 0.3 is 0 Å². The van der Waals surface area contributed by atoms with Crippen LogP contribution in [0.25, 0.3) is 0 Å². The fraction of sp³-hybridized carbons (Fsp3) is 0.150. The fourth-order valence-electron chi connectivity index (χ4n) is 2.21. The van der Waals surface area contributed by atoms with Crippen LogP contribution in [-0.4, -0.2) is 25.5 Å². The molecule has 0 unspecified atom stereocenters. The lowest BCUT2D eigenvalue weighted by Gasteiger charge is -2.06. The van der Waals surface area contributed by atoms with Crippen LogP contribution >= 0.6 is 0 Å². The van der Waals surface area contributed by atoms with Gasteiger partial charge in [-0.25, -0.2) is 0 Å². The summed E-state index contributed by atoms with van der Waals surface area (Å²) in [7, 11) is 1.59. The Morgan fingerprint density at radius 1 is 1.15 bits per heavy atom. The summed E-state index contributed by atoms with van der Waals surface area (Å²) in [6, 6.07) is 15.6. The molecule has 0 fully saturated rings. The highest BCUT2D eigenvalue weighted by molar-refractivity contribution is 5.99. The summed E-state index contributed by atoms with van der Waals surface area (Å²) < 4.78 is 5.09. The van der Waals surface area contributed by atoms with Gasteiger partial charge in [-0.05, 0) is 48.4 Å². The number of nitrogens with zero attached hydrogens (tertiary/aromatic N) is 1. The average Bonchev–Trinajstić information content (AvgIpc) is 2.69. The molecule has 27 heavy (non-hydrogen) atoms. The molecule has 0 aliphatic heterocycles. The lowest BCUT2D eigenvalue weighted by molar-refractivity contribution is -0.117. The molecule has 0 saturated carbocycles. The molecular formula is C20H20N4O3. The van der Waals surface area contributed by atoms with Crippen LogP contribution < -0.4 is 21.1 Å². The minimum absolute atomic E-state index is 0.187. The predicted octanol–water partition coefficient (Wildman–Crippen LogP) is 1.77. The van der Waals surface area contributed by atoms with Crippen molar-refractivity contribution in [1.29, 1.82) is 5.26 Å². The number of ether oxygens (including phenoxy) is 1. The first-order valence-electron chi connectivity index (χ1n) is 8.21. The van der Waals surface area contributed by atoms with Crippen molar-refractivity contribution in [2.24, 2.45) is 0 Å². The number of nitrogens with two attached hydrogens (primary N) is 1. The van der Waals surface area contributed by atoms with Crippen molar-refractivity contribution in [2.75, 3.05) is 19.4 Å². The first-order chi connectivity index (χ1) is 13.0. The van der Waals surface area contributed by atoms with Gasteiger partial charge in [0.05, 0.1) is 7.11 Å². The Labute approximate surface area is 157 Å². The molecule has 0 aliphatic rings. The second-order valence-electron chi connectivity index (χ2n) is 5.62. The molecule has 7 heteroatoms. The highest BCUT2D eigenvalue weighted by Crippen LogP contribution is 2.11. The first-order valence-corrected chi connectivity index (χ1v) is 8.21. The van der Waals surface area contributed by atoms with Crippen LogP contribution in [0.2, 0.25) is 0 Å². The summed E-state index contributed by atoms with van der Waals surface area (Å²) in [5, 5.41) is 14.2. The topological polar surface area (TPSA) is 117 Å². The number of hydrogen-bond acceptors (Lipinski definition) is 5. The largest absolute Gasteiger partial charge is 0.497 e. The van der Waals surface area contributed by atoms with Crippen LogP contribution in [0.15, 0.2) is 60.3 Å².